The number of aryl methyl sites for hydroxylation is 3. The van der Waals surface area contributed by atoms with Gasteiger partial charge >= 0.3 is 0 Å². The summed E-state index contributed by atoms with van der Waals surface area (Å²) in [6.07, 6.45) is 5.95. The van der Waals surface area contributed by atoms with E-state index in [2.05, 4.69) is 21.9 Å². The number of piperidine rings is 1. The number of hydrogen-bond donors (Lipinski definition) is 0. The Morgan fingerprint density at radius 2 is 1.90 bits per heavy atom. The monoisotopic (exact) mass is 427 g/mol. The molecule has 0 bridgehead atoms. The summed E-state index contributed by atoms with van der Waals surface area (Å²) in [6, 6.07) is 2.22. The first-order valence-corrected chi connectivity index (χ1v) is 11.8. The molecule has 2 amide bonds. The van der Waals surface area contributed by atoms with Gasteiger partial charge in [-0.05, 0) is 45.6 Å². The molecule has 3 fully saturated rings. The number of nitrogens with zero attached hydrogens (tertiary/aromatic N) is 5. The lowest BCUT2D eigenvalue weighted by molar-refractivity contribution is -0.180. The van der Waals surface area contributed by atoms with Gasteiger partial charge in [0.05, 0.1) is 33.2 Å². The van der Waals surface area contributed by atoms with Crippen molar-refractivity contribution in [3.8, 4) is 0 Å². The molecule has 1 saturated carbocycles. The summed E-state index contributed by atoms with van der Waals surface area (Å²) in [5.74, 6) is 0.374. The molecule has 0 N–H and O–H groups in total. The van der Waals surface area contributed by atoms with Gasteiger partial charge in [-0.2, -0.15) is 5.10 Å². The predicted molar refractivity (Wildman–Crippen MR) is 114 cm³/mol. The summed E-state index contributed by atoms with van der Waals surface area (Å²) in [6.45, 7) is 5.32. The summed E-state index contributed by atoms with van der Waals surface area (Å²) >= 11 is 1.69. The van der Waals surface area contributed by atoms with Crippen LogP contribution >= 0.6 is 11.3 Å². The van der Waals surface area contributed by atoms with Gasteiger partial charge in [-0.3, -0.25) is 14.3 Å². The van der Waals surface area contributed by atoms with Crippen LogP contribution in [0, 0.1) is 19.3 Å². The van der Waals surface area contributed by atoms with Crippen molar-refractivity contribution < 1.29 is 9.59 Å². The minimum Gasteiger partial charge on any atom is -0.337 e. The Labute approximate surface area is 181 Å². The maximum atomic E-state index is 13.4. The van der Waals surface area contributed by atoms with E-state index in [9.17, 15) is 9.59 Å². The molecular formula is C22H29N5O2S. The molecule has 1 atom stereocenters. The Balaban J connectivity index is 1.33. The molecule has 160 valence electrons. The molecule has 1 spiro atoms. The Morgan fingerprint density at radius 3 is 2.47 bits per heavy atom. The maximum Gasteiger partial charge on any atom is 0.272 e. The van der Waals surface area contributed by atoms with Crippen LogP contribution in [0.25, 0.3) is 0 Å². The van der Waals surface area contributed by atoms with Crippen molar-refractivity contribution >= 4 is 23.2 Å². The van der Waals surface area contributed by atoms with Crippen molar-refractivity contribution in [2.45, 2.75) is 64.5 Å². The van der Waals surface area contributed by atoms with Crippen molar-refractivity contribution in [2.75, 3.05) is 13.1 Å². The smallest absolute Gasteiger partial charge is 0.272 e. The number of likely N-dealkylation sites (tertiary alicyclic amines) is 2. The summed E-state index contributed by atoms with van der Waals surface area (Å²) in [5, 5.41) is 4.30. The molecule has 0 aromatic carbocycles. The molecule has 0 radical (unpaired) electrons. The molecule has 4 heterocycles. The highest BCUT2D eigenvalue weighted by molar-refractivity contribution is 7.09. The molecule has 2 aromatic heterocycles. The van der Waals surface area contributed by atoms with E-state index in [1.54, 1.807) is 16.0 Å². The first-order valence-electron chi connectivity index (χ1n) is 10.9. The summed E-state index contributed by atoms with van der Waals surface area (Å²) in [5.41, 5.74) is 4.26. The van der Waals surface area contributed by atoms with Crippen LogP contribution in [0.2, 0.25) is 0 Å². The van der Waals surface area contributed by atoms with Crippen LogP contribution < -0.4 is 0 Å². The van der Waals surface area contributed by atoms with Crippen LogP contribution in [0.1, 0.15) is 71.3 Å². The number of carbonyl (C=O) groups is 2. The Kier molecular flexibility index (Phi) is 4.72. The van der Waals surface area contributed by atoms with Gasteiger partial charge < -0.3 is 9.80 Å². The van der Waals surface area contributed by atoms with Crippen LogP contribution in [0.3, 0.4) is 0 Å². The topological polar surface area (TPSA) is 71.3 Å². The van der Waals surface area contributed by atoms with Gasteiger partial charge in [0.2, 0.25) is 5.91 Å². The minimum absolute atomic E-state index is 0.0357. The number of amides is 2. The van der Waals surface area contributed by atoms with Crippen molar-refractivity contribution in [1.82, 2.24) is 24.6 Å². The standard InChI is InChI=1S/C22H29N5O2S/c1-14-12-17(25(3)24-14)20(28)26-10-6-16(7-11-26)27-19(18-15(2)23-13-30-18)22(21(27)29)8-4-5-9-22/h12-13,16,19H,4-11H2,1-3H3. The van der Waals surface area contributed by atoms with E-state index < -0.39 is 0 Å². The summed E-state index contributed by atoms with van der Waals surface area (Å²) in [7, 11) is 1.81. The Bertz CT molecular complexity index is 982. The molecule has 7 nitrogen and oxygen atoms in total. The zero-order valence-corrected chi connectivity index (χ0v) is 18.7. The minimum atomic E-state index is -0.198. The molecular weight excluding hydrogens is 398 g/mol. The van der Waals surface area contributed by atoms with Gasteiger partial charge in [0, 0.05) is 26.2 Å². The second-order valence-corrected chi connectivity index (χ2v) is 9.98. The van der Waals surface area contributed by atoms with Gasteiger partial charge in [-0.25, -0.2) is 4.98 Å². The maximum absolute atomic E-state index is 13.4. The highest BCUT2D eigenvalue weighted by atomic mass is 32.1. The van der Waals surface area contributed by atoms with Crippen LogP contribution in [0.4, 0.5) is 0 Å². The fourth-order valence-corrected chi connectivity index (χ4v) is 6.85. The number of rotatable bonds is 3. The molecule has 2 saturated heterocycles. The third-order valence-electron chi connectivity index (χ3n) is 7.35. The van der Waals surface area contributed by atoms with Crippen LogP contribution in [0.15, 0.2) is 11.6 Å². The average Bonchev–Trinajstić information content (AvgIpc) is 3.47. The van der Waals surface area contributed by atoms with E-state index in [-0.39, 0.29) is 23.4 Å². The summed E-state index contributed by atoms with van der Waals surface area (Å²) in [4.78, 5) is 36.1. The molecule has 2 aromatic rings. The number of carbonyl (C=O) groups excluding carboxylic acids is 2. The first kappa shape index (κ1) is 19.7. The molecule has 1 aliphatic carbocycles. The SMILES string of the molecule is Cc1cc(C(=O)N2CCC(N3C(=O)C4(CCCC4)C3c3scnc3C)CC2)n(C)n1. The zero-order valence-electron chi connectivity index (χ0n) is 17.9. The third kappa shape index (κ3) is 2.83. The second kappa shape index (κ2) is 7.18. The molecule has 1 unspecified atom stereocenters. The molecule has 8 heteroatoms. The van der Waals surface area contributed by atoms with Crippen molar-refractivity contribution in [2.24, 2.45) is 12.5 Å². The Morgan fingerprint density at radius 1 is 1.20 bits per heavy atom. The highest BCUT2D eigenvalue weighted by Gasteiger charge is 2.64. The third-order valence-corrected chi connectivity index (χ3v) is 8.34. The number of thiazole rings is 1. The van der Waals surface area contributed by atoms with E-state index in [1.165, 1.54) is 4.88 Å². The number of β-lactam (4-membered cyclic amide) rings is 1. The van der Waals surface area contributed by atoms with E-state index in [0.717, 1.165) is 49.9 Å². The number of aromatic nitrogens is 3. The average molecular weight is 428 g/mol. The van der Waals surface area contributed by atoms with E-state index in [1.807, 2.05) is 30.4 Å². The molecule has 2 aliphatic heterocycles. The van der Waals surface area contributed by atoms with E-state index in [0.29, 0.717) is 24.7 Å². The predicted octanol–water partition coefficient (Wildman–Crippen LogP) is 3.24. The normalized spacial score (nSPS) is 24.0. The second-order valence-electron chi connectivity index (χ2n) is 9.10. The van der Waals surface area contributed by atoms with E-state index >= 15 is 0 Å². The quantitative estimate of drug-likeness (QED) is 0.705. The lowest BCUT2D eigenvalue weighted by Crippen LogP contribution is -2.66. The van der Waals surface area contributed by atoms with Gasteiger partial charge in [0.1, 0.15) is 5.69 Å². The lowest BCUT2D eigenvalue weighted by Gasteiger charge is -2.58. The fraction of sp³-hybridized carbons (Fsp3) is 0.636. The van der Waals surface area contributed by atoms with Crippen molar-refractivity contribution in [1.29, 1.82) is 0 Å². The number of hydrogen-bond acceptors (Lipinski definition) is 5. The van der Waals surface area contributed by atoms with Crippen LogP contribution in [-0.4, -0.2) is 55.5 Å². The van der Waals surface area contributed by atoms with Gasteiger partial charge in [0.25, 0.3) is 5.91 Å². The van der Waals surface area contributed by atoms with Gasteiger partial charge in [-0.1, -0.05) is 12.8 Å². The molecule has 30 heavy (non-hydrogen) atoms. The van der Waals surface area contributed by atoms with Crippen molar-refractivity contribution in [3.05, 3.63) is 33.5 Å². The van der Waals surface area contributed by atoms with Crippen LogP contribution in [0.5, 0.6) is 0 Å². The molecule has 5 rings (SSSR count). The van der Waals surface area contributed by atoms with Gasteiger partial charge in [0.15, 0.2) is 0 Å². The van der Waals surface area contributed by atoms with Crippen molar-refractivity contribution in [3.63, 3.8) is 0 Å². The fourth-order valence-electron chi connectivity index (χ4n) is 5.83. The van der Waals surface area contributed by atoms with E-state index in [4.69, 9.17) is 0 Å². The van der Waals surface area contributed by atoms with Crippen LogP contribution in [-0.2, 0) is 11.8 Å². The van der Waals surface area contributed by atoms with Gasteiger partial charge in [-0.15, -0.1) is 11.3 Å². The largest absolute Gasteiger partial charge is 0.337 e. The summed E-state index contributed by atoms with van der Waals surface area (Å²) < 4.78 is 1.66. The lowest BCUT2D eigenvalue weighted by atomic mass is 9.67. The molecule has 3 aliphatic rings. The zero-order chi connectivity index (χ0) is 21.0. The Hall–Kier alpha value is -2.22. The first-order chi connectivity index (χ1) is 14.4. The highest BCUT2D eigenvalue weighted by Crippen LogP contribution is 2.61.